The number of primary amides is 1. The summed E-state index contributed by atoms with van der Waals surface area (Å²) in [6.45, 7) is 5.63. The molecule has 0 aliphatic carbocycles. The molecule has 2 N–H and O–H groups in total. The van der Waals surface area contributed by atoms with Gasteiger partial charge in [0.05, 0.1) is 0 Å². The molecule has 0 aromatic carbocycles. The molecule has 26 heavy (non-hydrogen) atoms. The molecule has 154 valence electrons. The summed E-state index contributed by atoms with van der Waals surface area (Å²) in [6, 6.07) is 0. The predicted octanol–water partition coefficient (Wildman–Crippen LogP) is 6.24. The minimum atomic E-state index is -0.171. The molecule has 1 amide bonds. The summed E-state index contributed by atoms with van der Waals surface area (Å²) in [7, 11) is 4.17. The van der Waals surface area contributed by atoms with E-state index in [1.807, 2.05) is 0 Å². The normalized spacial score (nSPS) is 11.3. The van der Waals surface area contributed by atoms with Gasteiger partial charge in [0.1, 0.15) is 0 Å². The number of hydrogen-bond acceptors (Lipinski definition) is 2. The molecule has 0 spiro atoms. The summed E-state index contributed by atoms with van der Waals surface area (Å²) in [5.41, 5.74) is 5.09. The lowest BCUT2D eigenvalue weighted by molar-refractivity contribution is -0.118. The molecule has 0 atom stereocenters. The first-order valence-corrected chi connectivity index (χ1v) is 10.8. The van der Waals surface area contributed by atoms with Gasteiger partial charge in [-0.25, -0.2) is 0 Å². The highest BCUT2D eigenvalue weighted by Crippen LogP contribution is 2.07. The third-order valence-electron chi connectivity index (χ3n) is 4.04. The Morgan fingerprint density at radius 1 is 0.769 bits per heavy atom. The van der Waals surface area contributed by atoms with Crippen LogP contribution in [0.25, 0.3) is 0 Å². The van der Waals surface area contributed by atoms with Gasteiger partial charge in [-0.3, -0.25) is 4.79 Å². The molecule has 3 nitrogen and oxygen atoms in total. The molecule has 0 aromatic rings. The van der Waals surface area contributed by atoms with Gasteiger partial charge in [-0.05, 0) is 65.6 Å². The van der Waals surface area contributed by atoms with Gasteiger partial charge in [0.25, 0.3) is 0 Å². The Bertz CT molecular complexity index is 335. The van der Waals surface area contributed by atoms with E-state index in [4.69, 9.17) is 5.73 Å². The lowest BCUT2D eigenvalue weighted by Gasteiger charge is -2.03. The second-order valence-corrected chi connectivity index (χ2v) is 7.25. The Hall–Kier alpha value is -1.09. The van der Waals surface area contributed by atoms with E-state index in [0.29, 0.717) is 6.42 Å². The third kappa shape index (κ3) is 30.8. The van der Waals surface area contributed by atoms with Crippen LogP contribution in [0.3, 0.4) is 0 Å². The fourth-order valence-electron chi connectivity index (χ4n) is 2.56. The second kappa shape index (κ2) is 23.9. The van der Waals surface area contributed by atoms with Crippen molar-refractivity contribution in [1.82, 2.24) is 4.90 Å². The number of unbranched alkanes of at least 4 members (excludes halogenated alkanes) is 8. The summed E-state index contributed by atoms with van der Waals surface area (Å²) in [6.07, 6.45) is 24.2. The van der Waals surface area contributed by atoms with Crippen LogP contribution < -0.4 is 5.73 Å². The van der Waals surface area contributed by atoms with E-state index in [1.165, 1.54) is 64.3 Å². The monoisotopic (exact) mass is 366 g/mol. The molecule has 0 saturated carbocycles. The van der Waals surface area contributed by atoms with Crippen LogP contribution in [-0.4, -0.2) is 31.4 Å². The van der Waals surface area contributed by atoms with Crippen LogP contribution >= 0.6 is 0 Å². The summed E-state index contributed by atoms with van der Waals surface area (Å²) in [5.74, 6) is -0.171. The second-order valence-electron chi connectivity index (χ2n) is 7.25. The van der Waals surface area contributed by atoms with E-state index >= 15 is 0 Å². The van der Waals surface area contributed by atoms with E-state index in [1.54, 1.807) is 0 Å². The quantitative estimate of drug-likeness (QED) is 0.259. The molecule has 0 aliphatic heterocycles. The number of carbonyl (C=O) groups is 1. The first-order valence-electron chi connectivity index (χ1n) is 10.8. The SMILES string of the molecule is CCCCC/C=C\C/C=C\CCCCCCCC(N)=O.CCCN(C)C. The molecule has 0 radical (unpaired) electrons. The number of allylic oxidation sites excluding steroid dienone is 4. The van der Waals surface area contributed by atoms with Crippen molar-refractivity contribution < 1.29 is 4.79 Å². The van der Waals surface area contributed by atoms with E-state index in [0.717, 1.165) is 19.3 Å². The molecule has 0 fully saturated rings. The van der Waals surface area contributed by atoms with Crippen molar-refractivity contribution in [3.8, 4) is 0 Å². The van der Waals surface area contributed by atoms with Crippen molar-refractivity contribution >= 4 is 5.91 Å². The first-order chi connectivity index (χ1) is 12.5. The number of amides is 1. The molecule has 0 saturated heterocycles. The zero-order valence-corrected chi connectivity index (χ0v) is 18.1. The highest BCUT2D eigenvalue weighted by atomic mass is 16.1. The lowest BCUT2D eigenvalue weighted by atomic mass is 10.1. The molecular formula is C23H46N2O. The average molecular weight is 367 g/mol. The average Bonchev–Trinajstić information content (AvgIpc) is 2.58. The molecule has 0 bridgehead atoms. The van der Waals surface area contributed by atoms with E-state index in [9.17, 15) is 4.79 Å². The predicted molar refractivity (Wildman–Crippen MR) is 117 cm³/mol. The molecule has 3 heteroatoms. The van der Waals surface area contributed by atoms with E-state index in [2.05, 4.69) is 57.1 Å². The minimum Gasteiger partial charge on any atom is -0.370 e. The van der Waals surface area contributed by atoms with Crippen LogP contribution in [0.2, 0.25) is 0 Å². The van der Waals surface area contributed by atoms with E-state index < -0.39 is 0 Å². The molecular weight excluding hydrogens is 320 g/mol. The minimum absolute atomic E-state index is 0.171. The smallest absolute Gasteiger partial charge is 0.217 e. The van der Waals surface area contributed by atoms with E-state index in [-0.39, 0.29) is 5.91 Å². The Balaban J connectivity index is 0. The van der Waals surface area contributed by atoms with Crippen LogP contribution in [-0.2, 0) is 4.79 Å². The van der Waals surface area contributed by atoms with Crippen molar-refractivity contribution in [3.63, 3.8) is 0 Å². The Morgan fingerprint density at radius 3 is 1.77 bits per heavy atom. The number of rotatable bonds is 16. The molecule has 0 aliphatic rings. The van der Waals surface area contributed by atoms with Gasteiger partial charge >= 0.3 is 0 Å². The van der Waals surface area contributed by atoms with Crippen LogP contribution in [0.15, 0.2) is 24.3 Å². The first kappa shape index (κ1) is 27.1. The van der Waals surface area contributed by atoms with Gasteiger partial charge < -0.3 is 10.6 Å². The largest absolute Gasteiger partial charge is 0.370 e. The molecule has 0 unspecified atom stereocenters. The van der Waals surface area contributed by atoms with Crippen molar-refractivity contribution in [2.24, 2.45) is 5.73 Å². The standard InChI is InChI=1S/C18H33NO.C5H13N/c1-2-3-4-5-6-7-8-9-10-11-12-13-14-15-16-17-18(19)20;1-4-5-6(2)3/h6-7,9-10H,2-5,8,11-17H2,1H3,(H2,19,20);4-5H2,1-3H3/b7-6-,10-9-;. The molecule has 0 aromatic heterocycles. The topological polar surface area (TPSA) is 46.3 Å². The molecule has 0 rings (SSSR count). The zero-order chi connectivity index (χ0) is 19.9. The Morgan fingerprint density at radius 2 is 1.31 bits per heavy atom. The van der Waals surface area contributed by atoms with Crippen molar-refractivity contribution in [3.05, 3.63) is 24.3 Å². The van der Waals surface area contributed by atoms with Gasteiger partial charge in [0, 0.05) is 6.42 Å². The van der Waals surface area contributed by atoms with Gasteiger partial charge in [-0.1, -0.05) is 70.3 Å². The maximum Gasteiger partial charge on any atom is 0.217 e. The number of nitrogens with zero attached hydrogens (tertiary/aromatic N) is 1. The van der Waals surface area contributed by atoms with Crippen LogP contribution in [0.4, 0.5) is 0 Å². The summed E-state index contributed by atoms with van der Waals surface area (Å²) >= 11 is 0. The molecule has 0 heterocycles. The zero-order valence-electron chi connectivity index (χ0n) is 18.1. The maximum atomic E-state index is 10.5. The maximum absolute atomic E-state index is 10.5. The third-order valence-corrected chi connectivity index (χ3v) is 4.04. The fourth-order valence-corrected chi connectivity index (χ4v) is 2.56. The Labute approximate surface area is 164 Å². The van der Waals surface area contributed by atoms with Crippen molar-refractivity contribution in [1.29, 1.82) is 0 Å². The van der Waals surface area contributed by atoms with Crippen LogP contribution in [0.5, 0.6) is 0 Å². The van der Waals surface area contributed by atoms with Crippen LogP contribution in [0.1, 0.15) is 97.3 Å². The highest BCUT2D eigenvalue weighted by molar-refractivity contribution is 5.73. The van der Waals surface area contributed by atoms with Crippen LogP contribution in [0, 0.1) is 0 Å². The highest BCUT2D eigenvalue weighted by Gasteiger charge is 1.94. The number of hydrogen-bond donors (Lipinski definition) is 1. The Kier molecular flexibility index (Phi) is 25.0. The van der Waals surface area contributed by atoms with Gasteiger partial charge in [-0.2, -0.15) is 0 Å². The summed E-state index contributed by atoms with van der Waals surface area (Å²) in [4.78, 5) is 12.7. The number of nitrogens with two attached hydrogens (primary N) is 1. The van der Waals surface area contributed by atoms with Gasteiger partial charge in [0.2, 0.25) is 5.91 Å². The van der Waals surface area contributed by atoms with Gasteiger partial charge in [-0.15, -0.1) is 0 Å². The van der Waals surface area contributed by atoms with Crippen molar-refractivity contribution in [2.45, 2.75) is 97.3 Å². The summed E-state index contributed by atoms with van der Waals surface area (Å²) < 4.78 is 0. The van der Waals surface area contributed by atoms with Crippen molar-refractivity contribution in [2.75, 3.05) is 20.6 Å². The lowest BCUT2D eigenvalue weighted by Crippen LogP contribution is -2.11. The summed E-state index contributed by atoms with van der Waals surface area (Å²) in [5, 5.41) is 0. The fraction of sp³-hybridized carbons (Fsp3) is 0.783. The van der Waals surface area contributed by atoms with Gasteiger partial charge in [0.15, 0.2) is 0 Å². The number of carbonyl (C=O) groups excluding carboxylic acids is 1.